The molecule has 0 radical (unpaired) electrons. The molecular weight excluding hydrogens is 224 g/mol. The van der Waals surface area contributed by atoms with Crippen LogP contribution in [0.2, 0.25) is 5.02 Å². The van der Waals surface area contributed by atoms with Gasteiger partial charge >= 0.3 is 0 Å². The molecule has 0 amide bonds. The fraction of sp³-hybridized carbons (Fsp3) is 0. The van der Waals surface area contributed by atoms with E-state index in [1.165, 1.54) is 6.20 Å². The molecule has 0 saturated carbocycles. The summed E-state index contributed by atoms with van der Waals surface area (Å²) in [6.45, 7) is 0. The summed E-state index contributed by atoms with van der Waals surface area (Å²) < 4.78 is 0. The number of benzene rings is 1. The van der Waals surface area contributed by atoms with Gasteiger partial charge in [0.25, 0.3) is 0 Å². The summed E-state index contributed by atoms with van der Waals surface area (Å²) in [7, 11) is 0. The van der Waals surface area contributed by atoms with Crippen LogP contribution in [0.25, 0.3) is 0 Å². The number of nitrogens with zero attached hydrogens (tertiary/aromatic N) is 1. The fourth-order valence-electron chi connectivity index (χ4n) is 1.33. The van der Waals surface area contributed by atoms with Gasteiger partial charge in [-0.2, -0.15) is 0 Å². The van der Waals surface area contributed by atoms with E-state index in [0.717, 1.165) is 0 Å². The number of nitrogens with two attached hydrogens (primary N) is 1. The fourth-order valence-corrected chi connectivity index (χ4v) is 1.51. The second kappa shape index (κ2) is 4.33. The molecule has 80 valence electrons. The molecule has 2 rings (SSSR count). The smallest absolute Gasteiger partial charge is 0.194 e. The number of carbonyl (C=O) groups is 1. The molecule has 3 nitrogen and oxygen atoms in total. The summed E-state index contributed by atoms with van der Waals surface area (Å²) in [6, 6.07) is 8.25. The van der Waals surface area contributed by atoms with Gasteiger partial charge in [0.2, 0.25) is 0 Å². The highest BCUT2D eigenvalue weighted by molar-refractivity contribution is 6.33. The van der Waals surface area contributed by atoms with Crippen LogP contribution in [0.3, 0.4) is 0 Å². The van der Waals surface area contributed by atoms with Crippen molar-refractivity contribution in [3.05, 3.63) is 58.9 Å². The van der Waals surface area contributed by atoms with Gasteiger partial charge < -0.3 is 5.73 Å². The summed E-state index contributed by atoms with van der Waals surface area (Å²) in [5.41, 5.74) is 7.07. The Balaban J connectivity index is 2.39. The largest absolute Gasteiger partial charge is 0.398 e. The Morgan fingerprint density at radius 1 is 1.25 bits per heavy atom. The number of nitrogen functional groups attached to an aromatic ring is 1. The number of rotatable bonds is 2. The summed E-state index contributed by atoms with van der Waals surface area (Å²) in [5, 5.41) is 0.384. The van der Waals surface area contributed by atoms with E-state index in [1.807, 2.05) is 0 Å². The molecule has 0 saturated heterocycles. The van der Waals surface area contributed by atoms with Crippen LogP contribution in [0.4, 0.5) is 5.69 Å². The molecule has 0 spiro atoms. The van der Waals surface area contributed by atoms with Crippen LogP contribution in [-0.2, 0) is 0 Å². The van der Waals surface area contributed by atoms with Crippen molar-refractivity contribution in [3.8, 4) is 0 Å². The highest BCUT2D eigenvalue weighted by Gasteiger charge is 2.10. The van der Waals surface area contributed by atoms with Gasteiger partial charge in [0.15, 0.2) is 5.78 Å². The van der Waals surface area contributed by atoms with Gasteiger partial charge in [-0.25, -0.2) is 0 Å². The molecule has 0 atom stereocenters. The Morgan fingerprint density at radius 2 is 2.06 bits per heavy atom. The number of halogens is 1. The Kier molecular flexibility index (Phi) is 2.88. The Hall–Kier alpha value is -1.87. The zero-order chi connectivity index (χ0) is 11.5. The maximum absolute atomic E-state index is 12.0. The summed E-state index contributed by atoms with van der Waals surface area (Å²) in [4.78, 5) is 15.9. The highest BCUT2D eigenvalue weighted by Crippen LogP contribution is 2.21. The molecule has 0 fully saturated rings. The molecule has 1 aromatic heterocycles. The van der Waals surface area contributed by atoms with Gasteiger partial charge in [-0.05, 0) is 30.3 Å². The van der Waals surface area contributed by atoms with Crippen molar-refractivity contribution in [2.75, 3.05) is 5.73 Å². The molecule has 1 aromatic carbocycles. The summed E-state index contributed by atoms with van der Waals surface area (Å²) >= 11 is 5.85. The second-order valence-electron chi connectivity index (χ2n) is 3.31. The molecule has 0 aliphatic heterocycles. The first-order valence-corrected chi connectivity index (χ1v) is 5.06. The van der Waals surface area contributed by atoms with Crippen molar-refractivity contribution in [1.29, 1.82) is 0 Å². The average molecular weight is 233 g/mol. The number of anilines is 1. The predicted octanol–water partition coefficient (Wildman–Crippen LogP) is 2.55. The highest BCUT2D eigenvalue weighted by atomic mass is 35.5. The maximum atomic E-state index is 12.0. The minimum atomic E-state index is -0.116. The lowest BCUT2D eigenvalue weighted by Gasteiger charge is -2.02. The zero-order valence-electron chi connectivity index (χ0n) is 8.35. The monoisotopic (exact) mass is 232 g/mol. The third-order valence-corrected chi connectivity index (χ3v) is 2.51. The molecule has 0 unspecified atom stereocenters. The number of aromatic nitrogens is 1. The van der Waals surface area contributed by atoms with Gasteiger partial charge in [-0.15, -0.1) is 0 Å². The van der Waals surface area contributed by atoms with Gasteiger partial charge in [0, 0.05) is 23.5 Å². The van der Waals surface area contributed by atoms with Gasteiger partial charge in [0.1, 0.15) is 0 Å². The lowest BCUT2D eigenvalue weighted by Crippen LogP contribution is -2.02. The first-order valence-electron chi connectivity index (χ1n) is 4.68. The van der Waals surface area contributed by atoms with Crippen LogP contribution < -0.4 is 5.73 Å². The van der Waals surface area contributed by atoms with Crippen molar-refractivity contribution in [3.63, 3.8) is 0 Å². The van der Waals surface area contributed by atoms with Crippen molar-refractivity contribution in [2.24, 2.45) is 0 Å². The van der Waals surface area contributed by atoms with E-state index in [0.29, 0.717) is 21.8 Å². The Bertz CT molecular complexity index is 526. The molecular formula is C12H9ClN2O. The number of hydrogen-bond acceptors (Lipinski definition) is 3. The van der Waals surface area contributed by atoms with Crippen LogP contribution in [0.15, 0.2) is 42.7 Å². The molecule has 0 aliphatic carbocycles. The van der Waals surface area contributed by atoms with Crippen molar-refractivity contribution in [2.45, 2.75) is 0 Å². The predicted molar refractivity (Wildman–Crippen MR) is 63.5 cm³/mol. The van der Waals surface area contributed by atoms with Crippen LogP contribution in [0.1, 0.15) is 15.9 Å². The van der Waals surface area contributed by atoms with Crippen LogP contribution >= 0.6 is 11.6 Å². The standard InChI is InChI=1S/C12H9ClN2O/c13-10-6-8(3-4-11(10)14)12(16)9-2-1-5-15-7-9/h1-7H,14H2. The Labute approximate surface area is 97.9 Å². The van der Waals surface area contributed by atoms with E-state index in [1.54, 1.807) is 36.5 Å². The van der Waals surface area contributed by atoms with Crippen molar-refractivity contribution < 1.29 is 4.79 Å². The lowest BCUT2D eigenvalue weighted by molar-refractivity contribution is 0.103. The van der Waals surface area contributed by atoms with E-state index in [9.17, 15) is 4.79 Å². The van der Waals surface area contributed by atoms with Crippen LogP contribution in [0.5, 0.6) is 0 Å². The van der Waals surface area contributed by atoms with Gasteiger partial charge in [0.05, 0.1) is 10.7 Å². The first-order chi connectivity index (χ1) is 7.68. The summed E-state index contributed by atoms with van der Waals surface area (Å²) in [5.74, 6) is -0.116. The van der Waals surface area contributed by atoms with E-state index in [-0.39, 0.29) is 5.78 Å². The zero-order valence-corrected chi connectivity index (χ0v) is 9.11. The molecule has 0 aliphatic rings. The maximum Gasteiger partial charge on any atom is 0.194 e. The number of ketones is 1. The molecule has 4 heteroatoms. The number of carbonyl (C=O) groups excluding carboxylic acids is 1. The summed E-state index contributed by atoms with van der Waals surface area (Å²) in [6.07, 6.45) is 3.14. The Morgan fingerprint density at radius 3 is 2.69 bits per heavy atom. The lowest BCUT2D eigenvalue weighted by atomic mass is 10.0. The number of pyridine rings is 1. The molecule has 0 bridgehead atoms. The first kappa shape index (κ1) is 10.6. The van der Waals surface area contributed by atoms with E-state index < -0.39 is 0 Å². The van der Waals surface area contributed by atoms with Crippen molar-refractivity contribution >= 4 is 23.1 Å². The van der Waals surface area contributed by atoms with Gasteiger partial charge in [-0.3, -0.25) is 9.78 Å². The third kappa shape index (κ3) is 2.04. The minimum Gasteiger partial charge on any atom is -0.398 e. The SMILES string of the molecule is Nc1ccc(C(=O)c2cccnc2)cc1Cl. The van der Waals surface area contributed by atoms with Crippen molar-refractivity contribution in [1.82, 2.24) is 4.98 Å². The van der Waals surface area contributed by atoms with Gasteiger partial charge in [-0.1, -0.05) is 11.6 Å². The topological polar surface area (TPSA) is 56.0 Å². The van der Waals surface area contributed by atoms with E-state index >= 15 is 0 Å². The molecule has 1 heterocycles. The van der Waals surface area contributed by atoms with Crippen LogP contribution in [-0.4, -0.2) is 10.8 Å². The molecule has 2 N–H and O–H groups in total. The minimum absolute atomic E-state index is 0.116. The van der Waals surface area contributed by atoms with E-state index in [4.69, 9.17) is 17.3 Å². The molecule has 2 aromatic rings. The second-order valence-corrected chi connectivity index (χ2v) is 3.71. The third-order valence-electron chi connectivity index (χ3n) is 2.19. The average Bonchev–Trinajstić information content (AvgIpc) is 2.33. The quantitative estimate of drug-likeness (QED) is 0.640. The number of hydrogen-bond donors (Lipinski definition) is 1. The van der Waals surface area contributed by atoms with Crippen LogP contribution in [0, 0.1) is 0 Å². The van der Waals surface area contributed by atoms with E-state index in [2.05, 4.69) is 4.98 Å². The molecule has 16 heavy (non-hydrogen) atoms. The normalized spacial score (nSPS) is 10.1.